The van der Waals surface area contributed by atoms with E-state index in [-0.39, 0.29) is 16.8 Å². The molecule has 0 radical (unpaired) electrons. The molecule has 1 atom stereocenters. The summed E-state index contributed by atoms with van der Waals surface area (Å²) in [5, 5.41) is 12.6. The fourth-order valence-electron chi connectivity index (χ4n) is 4.61. The number of hydrogen-bond acceptors (Lipinski definition) is 6. The van der Waals surface area contributed by atoms with Gasteiger partial charge in [0.05, 0.1) is 18.1 Å². The smallest absolute Gasteiger partial charge is 0.321 e. The molecule has 2 fully saturated rings. The van der Waals surface area contributed by atoms with Gasteiger partial charge in [0.15, 0.2) is 9.84 Å². The second-order valence-electron chi connectivity index (χ2n) is 9.02. The van der Waals surface area contributed by atoms with Gasteiger partial charge in [-0.3, -0.25) is 10.1 Å². The molecule has 194 valence electrons. The minimum Gasteiger partial charge on any atom is -0.480 e. The fraction of sp³-hybridized carbons (Fsp3) is 0.440. The highest BCUT2D eigenvalue weighted by molar-refractivity contribution is 9.10. The van der Waals surface area contributed by atoms with E-state index >= 15 is 0 Å². The fourth-order valence-corrected chi connectivity index (χ4v) is 5.99. The number of hydrogen-bond donors (Lipinski definition) is 2. The molecule has 2 aliphatic rings. The molecule has 2 heterocycles. The van der Waals surface area contributed by atoms with Crippen LogP contribution in [0.2, 0.25) is 0 Å². The Kier molecular flexibility index (Phi) is 8.66. The number of aliphatic carboxylic acids is 1. The van der Waals surface area contributed by atoms with Crippen LogP contribution in [0.25, 0.3) is 11.1 Å². The molecule has 2 saturated heterocycles. The van der Waals surface area contributed by atoms with Crippen LogP contribution in [0, 0.1) is 5.92 Å². The molecule has 36 heavy (non-hydrogen) atoms. The monoisotopic (exact) mass is 579 g/mol. The first-order valence-corrected chi connectivity index (χ1v) is 14.4. The third-order valence-electron chi connectivity index (χ3n) is 6.71. The Balaban J connectivity index is 1.34. The van der Waals surface area contributed by atoms with Gasteiger partial charge in [0.2, 0.25) is 0 Å². The minimum atomic E-state index is -3.74. The summed E-state index contributed by atoms with van der Waals surface area (Å²) in [5.41, 5.74) is 1.85. The van der Waals surface area contributed by atoms with Crippen LogP contribution in [0.15, 0.2) is 57.9 Å². The van der Waals surface area contributed by atoms with Crippen molar-refractivity contribution in [1.29, 1.82) is 0 Å². The second-order valence-corrected chi connectivity index (χ2v) is 11.9. The van der Waals surface area contributed by atoms with E-state index < -0.39 is 27.7 Å². The molecule has 2 N–H and O–H groups in total. The number of amides is 2. The topological polar surface area (TPSA) is 116 Å². The summed E-state index contributed by atoms with van der Waals surface area (Å²) in [5.74, 6) is -1.84. The summed E-state index contributed by atoms with van der Waals surface area (Å²) in [6.07, 6.45) is 0.976. The van der Waals surface area contributed by atoms with E-state index in [0.717, 1.165) is 15.6 Å². The molecule has 2 aromatic carbocycles. The molecule has 11 heteroatoms. The Morgan fingerprint density at radius 1 is 0.944 bits per heavy atom. The zero-order valence-electron chi connectivity index (χ0n) is 19.8. The highest BCUT2D eigenvalue weighted by Crippen LogP contribution is 2.25. The number of likely N-dealkylation sites (tertiary alicyclic amines) is 1. The Morgan fingerprint density at radius 2 is 1.47 bits per heavy atom. The van der Waals surface area contributed by atoms with E-state index in [1.54, 1.807) is 34.1 Å². The molecule has 9 nitrogen and oxygen atoms in total. The van der Waals surface area contributed by atoms with Crippen molar-refractivity contribution in [3.8, 4) is 11.1 Å². The van der Waals surface area contributed by atoms with E-state index in [2.05, 4.69) is 21.2 Å². The molecule has 0 aromatic heterocycles. The summed E-state index contributed by atoms with van der Waals surface area (Å²) in [6, 6.07) is 13.2. The van der Waals surface area contributed by atoms with Gasteiger partial charge in [-0.15, -0.1) is 0 Å². The summed E-state index contributed by atoms with van der Waals surface area (Å²) in [6.45, 7) is 3.04. The summed E-state index contributed by atoms with van der Waals surface area (Å²) < 4.78 is 32.1. The average Bonchev–Trinajstić information content (AvgIpc) is 2.89. The lowest BCUT2D eigenvalue weighted by Crippen LogP contribution is -2.53. The largest absolute Gasteiger partial charge is 0.480 e. The normalized spacial score (nSPS) is 18.1. The van der Waals surface area contributed by atoms with Gasteiger partial charge in [0.1, 0.15) is 11.9 Å². The van der Waals surface area contributed by atoms with Crippen molar-refractivity contribution >= 4 is 37.8 Å². The van der Waals surface area contributed by atoms with Crippen molar-refractivity contribution in [2.75, 3.05) is 45.3 Å². The van der Waals surface area contributed by atoms with Crippen LogP contribution in [-0.4, -0.2) is 86.6 Å². The molecular formula is C25H30BrN3O6S. The zero-order valence-corrected chi connectivity index (χ0v) is 22.2. The van der Waals surface area contributed by atoms with Crippen molar-refractivity contribution in [2.45, 2.75) is 23.8 Å². The number of piperidine rings is 1. The predicted octanol–water partition coefficient (Wildman–Crippen LogP) is 3.05. The van der Waals surface area contributed by atoms with Crippen LogP contribution in [0.3, 0.4) is 0 Å². The van der Waals surface area contributed by atoms with E-state index in [1.165, 1.54) is 0 Å². The van der Waals surface area contributed by atoms with E-state index in [9.17, 15) is 23.1 Å². The van der Waals surface area contributed by atoms with E-state index in [4.69, 9.17) is 4.74 Å². The maximum atomic E-state index is 12.9. The second kappa shape index (κ2) is 11.7. The van der Waals surface area contributed by atoms with Crippen molar-refractivity contribution in [3.05, 3.63) is 53.0 Å². The predicted molar refractivity (Wildman–Crippen MR) is 138 cm³/mol. The molecular weight excluding hydrogens is 550 g/mol. The van der Waals surface area contributed by atoms with Gasteiger partial charge in [-0.1, -0.05) is 40.2 Å². The van der Waals surface area contributed by atoms with Gasteiger partial charge in [-0.25, -0.2) is 13.2 Å². The Morgan fingerprint density at radius 3 is 2.03 bits per heavy atom. The number of halogens is 1. The third kappa shape index (κ3) is 6.44. The number of morpholine rings is 1. The van der Waals surface area contributed by atoms with Crippen LogP contribution in [0.5, 0.6) is 0 Å². The lowest BCUT2D eigenvalue weighted by molar-refractivity contribution is -0.141. The summed E-state index contributed by atoms with van der Waals surface area (Å²) >= 11 is 3.40. The molecule has 2 amide bonds. The molecule has 2 aliphatic heterocycles. The van der Waals surface area contributed by atoms with Gasteiger partial charge in [0.25, 0.3) is 0 Å². The molecule has 4 rings (SSSR count). The number of sulfone groups is 1. The lowest BCUT2D eigenvalue weighted by atomic mass is 9.89. The van der Waals surface area contributed by atoms with Gasteiger partial charge in [-0.2, -0.15) is 0 Å². The standard InChI is InChI=1S/C25H30BrN3O6S/c26-21-5-1-18(2-6-21)19-3-7-22(8-4-19)36(33,34)17-27-23(24(30)31)20-9-11-28(12-10-20)25(32)29-13-15-35-16-14-29/h1-8,20,23,27H,9-17H2,(H,30,31). The van der Waals surface area contributed by atoms with Crippen molar-refractivity contribution < 1.29 is 27.9 Å². The molecule has 1 unspecified atom stereocenters. The maximum absolute atomic E-state index is 12.9. The van der Waals surface area contributed by atoms with Crippen LogP contribution in [0.1, 0.15) is 12.8 Å². The van der Waals surface area contributed by atoms with Crippen LogP contribution < -0.4 is 5.32 Å². The summed E-state index contributed by atoms with van der Waals surface area (Å²) in [7, 11) is -3.74. The highest BCUT2D eigenvalue weighted by Gasteiger charge is 2.34. The van der Waals surface area contributed by atoms with Crippen molar-refractivity contribution in [1.82, 2.24) is 15.1 Å². The van der Waals surface area contributed by atoms with Crippen LogP contribution in [0.4, 0.5) is 4.79 Å². The first-order chi connectivity index (χ1) is 17.2. The quantitative estimate of drug-likeness (QED) is 0.517. The van der Waals surface area contributed by atoms with Gasteiger partial charge in [0, 0.05) is 30.7 Å². The first kappa shape index (κ1) is 26.6. The number of benzene rings is 2. The van der Waals surface area contributed by atoms with Crippen molar-refractivity contribution in [3.63, 3.8) is 0 Å². The average molecular weight is 581 g/mol. The van der Waals surface area contributed by atoms with Crippen LogP contribution in [-0.2, 0) is 19.4 Å². The Labute approximate surface area is 219 Å². The first-order valence-electron chi connectivity index (χ1n) is 11.9. The minimum absolute atomic E-state index is 0.0502. The molecule has 0 saturated carbocycles. The SMILES string of the molecule is O=C(O)C(NCS(=O)(=O)c1ccc(-c2ccc(Br)cc2)cc1)C1CCN(C(=O)N2CCOCC2)CC1. The number of carbonyl (C=O) groups is 2. The number of rotatable bonds is 7. The third-order valence-corrected chi connectivity index (χ3v) is 8.78. The summed E-state index contributed by atoms with van der Waals surface area (Å²) in [4.78, 5) is 28.3. The maximum Gasteiger partial charge on any atom is 0.321 e. The highest BCUT2D eigenvalue weighted by atomic mass is 79.9. The van der Waals surface area contributed by atoms with E-state index in [1.807, 2.05) is 24.3 Å². The zero-order chi connectivity index (χ0) is 25.7. The van der Waals surface area contributed by atoms with E-state index in [0.29, 0.717) is 52.2 Å². The number of carbonyl (C=O) groups excluding carboxylic acids is 1. The number of nitrogens with one attached hydrogen (secondary N) is 1. The van der Waals surface area contributed by atoms with Crippen molar-refractivity contribution in [2.24, 2.45) is 5.92 Å². The molecule has 0 bridgehead atoms. The number of carboxylic acid groups (broad SMARTS) is 1. The Hall–Kier alpha value is -2.47. The number of carboxylic acids is 1. The van der Waals surface area contributed by atoms with Gasteiger partial charge >= 0.3 is 12.0 Å². The Bertz CT molecular complexity index is 1160. The van der Waals surface area contributed by atoms with Gasteiger partial charge < -0.3 is 19.6 Å². The number of ether oxygens (including phenoxy) is 1. The molecule has 0 spiro atoms. The molecule has 0 aliphatic carbocycles. The lowest BCUT2D eigenvalue weighted by Gasteiger charge is -2.38. The number of nitrogens with zero attached hydrogens (tertiary/aromatic N) is 2. The number of urea groups is 1. The van der Waals surface area contributed by atoms with Crippen LogP contribution >= 0.6 is 15.9 Å². The molecule has 2 aromatic rings. The van der Waals surface area contributed by atoms with Gasteiger partial charge in [-0.05, 0) is 54.2 Å².